The first-order valence-corrected chi connectivity index (χ1v) is 9.64. The molecular weight excluding hydrogens is 360 g/mol. The molecule has 0 aromatic heterocycles. The second-order valence-corrected chi connectivity index (χ2v) is 9.56. The first-order chi connectivity index (χ1) is 11.7. The van der Waals surface area contributed by atoms with Gasteiger partial charge in [0.1, 0.15) is 5.57 Å². The molecule has 0 aliphatic heterocycles. The summed E-state index contributed by atoms with van der Waals surface area (Å²) in [6, 6.07) is 5.65. The van der Waals surface area contributed by atoms with Gasteiger partial charge in [0.15, 0.2) is 0 Å². The molecule has 2 unspecified atom stereocenters. The van der Waals surface area contributed by atoms with E-state index in [4.69, 9.17) is 0 Å². The zero-order chi connectivity index (χ0) is 20.4. The molecule has 0 saturated heterocycles. The van der Waals surface area contributed by atoms with E-state index in [9.17, 15) is 19.8 Å². The van der Waals surface area contributed by atoms with E-state index in [2.05, 4.69) is 55.1 Å². The smallest absolute Gasteiger partial charge is 0.343 e. The normalized spacial score (nSPS) is 14.5. The summed E-state index contributed by atoms with van der Waals surface area (Å²) in [7, 11) is 7.45. The third kappa shape index (κ3) is 4.35. The Morgan fingerprint density at radius 2 is 1.42 bits per heavy atom. The van der Waals surface area contributed by atoms with E-state index in [-0.39, 0.29) is 21.9 Å². The van der Waals surface area contributed by atoms with Crippen molar-refractivity contribution in [1.29, 1.82) is 0 Å². The molecule has 1 rings (SSSR count). The van der Waals surface area contributed by atoms with E-state index in [1.165, 1.54) is 6.08 Å². The Labute approximate surface area is 162 Å². The molecule has 0 saturated carbocycles. The average Bonchev–Trinajstić information content (AvgIpc) is 2.50. The summed E-state index contributed by atoms with van der Waals surface area (Å²) in [5, 5.41) is 18.5. The van der Waals surface area contributed by atoms with Crippen molar-refractivity contribution >= 4 is 38.5 Å². The average molecular weight is 387 g/mol. The second kappa shape index (κ2) is 7.92. The van der Waals surface area contributed by atoms with Crippen LogP contribution in [0, 0.1) is 0 Å². The van der Waals surface area contributed by atoms with Crippen molar-refractivity contribution in [2.75, 3.05) is 0 Å². The quantitative estimate of drug-likeness (QED) is 0.324. The Bertz CT molecular complexity index is 715. The summed E-state index contributed by atoms with van der Waals surface area (Å²) in [4.78, 5) is 22.7. The Hall–Kier alpha value is -1.67. The Morgan fingerprint density at radius 1 is 0.962 bits per heavy atom. The fourth-order valence-electron chi connectivity index (χ4n) is 2.77. The Balaban J connectivity index is 3.93. The number of carboxylic acids is 2. The van der Waals surface area contributed by atoms with E-state index >= 15 is 0 Å². The van der Waals surface area contributed by atoms with Gasteiger partial charge in [-0.05, 0) is 44.7 Å². The molecule has 6 radical (unpaired) electrons. The molecule has 0 spiro atoms. The van der Waals surface area contributed by atoms with E-state index in [1.807, 2.05) is 19.1 Å². The highest BCUT2D eigenvalue weighted by atomic mass is 28.1. The molecule has 0 amide bonds. The second-order valence-electron chi connectivity index (χ2n) is 7.82. The minimum absolute atomic E-state index is 0.0784. The standard InChI is InChI=1S/C20H26O4Si2/c1-11(25)19(3,4)15-9-7-8-13(10-14(17(21)22)18(23)24)16(15)20(5,6)12(2)26/h7-12H,1-6H3,(H,21,22)(H,23,24). The van der Waals surface area contributed by atoms with Gasteiger partial charge in [-0.25, -0.2) is 9.59 Å². The van der Waals surface area contributed by atoms with Crippen molar-refractivity contribution in [2.45, 2.75) is 63.5 Å². The number of hydrogen-bond donors (Lipinski definition) is 2. The monoisotopic (exact) mass is 386 g/mol. The molecule has 2 N–H and O–H groups in total. The predicted molar refractivity (Wildman–Crippen MR) is 106 cm³/mol. The lowest BCUT2D eigenvalue weighted by Gasteiger charge is -2.40. The van der Waals surface area contributed by atoms with Crippen LogP contribution >= 0.6 is 0 Å². The van der Waals surface area contributed by atoms with Crippen LogP contribution in [0.1, 0.15) is 58.2 Å². The fraction of sp³-hybridized carbons (Fsp3) is 0.500. The number of carbonyl (C=O) groups is 2. The molecule has 0 aliphatic rings. The van der Waals surface area contributed by atoms with E-state index in [0.717, 1.165) is 11.1 Å². The van der Waals surface area contributed by atoms with Crippen LogP contribution in [0.25, 0.3) is 6.08 Å². The van der Waals surface area contributed by atoms with Gasteiger partial charge in [-0.15, -0.1) is 0 Å². The topological polar surface area (TPSA) is 74.6 Å². The predicted octanol–water partition coefficient (Wildman–Crippen LogP) is 3.75. The first-order valence-electron chi connectivity index (χ1n) is 8.49. The molecule has 6 heteroatoms. The molecular formula is C20H26O4Si2. The molecule has 0 fully saturated rings. The Kier molecular flexibility index (Phi) is 6.82. The van der Waals surface area contributed by atoms with Gasteiger partial charge in [-0.3, -0.25) is 0 Å². The summed E-state index contributed by atoms with van der Waals surface area (Å²) < 4.78 is 0. The zero-order valence-corrected chi connectivity index (χ0v) is 18.2. The number of aliphatic carboxylic acids is 2. The zero-order valence-electron chi connectivity index (χ0n) is 16.2. The third-order valence-electron chi connectivity index (χ3n) is 5.36. The van der Waals surface area contributed by atoms with E-state index in [1.54, 1.807) is 6.07 Å². The van der Waals surface area contributed by atoms with Gasteiger partial charge in [0.25, 0.3) is 0 Å². The van der Waals surface area contributed by atoms with Crippen molar-refractivity contribution in [3.63, 3.8) is 0 Å². The van der Waals surface area contributed by atoms with Crippen molar-refractivity contribution in [3.05, 3.63) is 40.5 Å². The van der Waals surface area contributed by atoms with Crippen LogP contribution in [0.4, 0.5) is 0 Å². The summed E-state index contributed by atoms with van der Waals surface area (Å²) >= 11 is 0. The van der Waals surface area contributed by atoms with Crippen LogP contribution in [0.5, 0.6) is 0 Å². The minimum atomic E-state index is -1.45. The molecule has 2 atom stereocenters. The number of benzene rings is 1. The van der Waals surface area contributed by atoms with E-state index in [0.29, 0.717) is 5.56 Å². The van der Waals surface area contributed by atoms with Gasteiger partial charge in [0.2, 0.25) is 0 Å². The van der Waals surface area contributed by atoms with Crippen LogP contribution in [0.3, 0.4) is 0 Å². The molecule has 26 heavy (non-hydrogen) atoms. The minimum Gasteiger partial charge on any atom is -0.477 e. The molecule has 1 aromatic rings. The summed E-state index contributed by atoms with van der Waals surface area (Å²) in [5.41, 5.74) is 1.58. The van der Waals surface area contributed by atoms with Crippen LogP contribution in [0.15, 0.2) is 23.8 Å². The summed E-state index contributed by atoms with van der Waals surface area (Å²) in [6.07, 6.45) is 1.26. The van der Waals surface area contributed by atoms with Gasteiger partial charge in [-0.2, -0.15) is 0 Å². The molecule has 0 aliphatic carbocycles. The lowest BCUT2D eigenvalue weighted by molar-refractivity contribution is -0.140. The van der Waals surface area contributed by atoms with Crippen molar-refractivity contribution in [1.82, 2.24) is 0 Å². The molecule has 4 nitrogen and oxygen atoms in total. The number of rotatable bonds is 7. The van der Waals surface area contributed by atoms with Crippen LogP contribution in [-0.4, -0.2) is 42.6 Å². The third-order valence-corrected chi connectivity index (χ3v) is 6.80. The number of carboxylic acid groups (broad SMARTS) is 2. The highest BCUT2D eigenvalue weighted by Crippen LogP contribution is 2.45. The fourth-order valence-corrected chi connectivity index (χ4v) is 3.07. The van der Waals surface area contributed by atoms with Gasteiger partial charge in [-0.1, -0.05) is 59.7 Å². The molecule has 138 valence electrons. The largest absolute Gasteiger partial charge is 0.477 e. The Morgan fingerprint density at radius 3 is 1.81 bits per heavy atom. The van der Waals surface area contributed by atoms with Crippen molar-refractivity contribution in [3.8, 4) is 0 Å². The maximum atomic E-state index is 11.4. The molecule has 1 aromatic carbocycles. The van der Waals surface area contributed by atoms with Crippen LogP contribution in [-0.2, 0) is 20.4 Å². The van der Waals surface area contributed by atoms with Crippen molar-refractivity contribution < 1.29 is 19.8 Å². The van der Waals surface area contributed by atoms with Gasteiger partial charge in [0.05, 0.1) is 0 Å². The summed E-state index contributed by atoms with van der Waals surface area (Å²) in [5.74, 6) is -2.91. The molecule has 0 heterocycles. The van der Waals surface area contributed by atoms with E-state index < -0.39 is 17.5 Å². The summed E-state index contributed by atoms with van der Waals surface area (Å²) in [6.45, 7) is 12.4. The lowest BCUT2D eigenvalue weighted by atomic mass is 9.69. The van der Waals surface area contributed by atoms with Crippen LogP contribution < -0.4 is 0 Å². The molecule has 0 bridgehead atoms. The first kappa shape index (κ1) is 22.4. The highest BCUT2D eigenvalue weighted by Gasteiger charge is 2.36. The highest BCUT2D eigenvalue weighted by molar-refractivity contribution is 6.16. The lowest BCUT2D eigenvalue weighted by Crippen LogP contribution is -2.32. The van der Waals surface area contributed by atoms with Gasteiger partial charge < -0.3 is 10.2 Å². The van der Waals surface area contributed by atoms with Gasteiger partial charge >= 0.3 is 11.9 Å². The van der Waals surface area contributed by atoms with Crippen LogP contribution in [0.2, 0.25) is 11.1 Å². The number of hydrogen-bond acceptors (Lipinski definition) is 2. The van der Waals surface area contributed by atoms with Crippen molar-refractivity contribution in [2.24, 2.45) is 0 Å². The maximum Gasteiger partial charge on any atom is 0.343 e. The van der Waals surface area contributed by atoms with Gasteiger partial charge in [0, 0.05) is 20.5 Å². The maximum absolute atomic E-state index is 11.4. The SMILES string of the molecule is CC([Si])C(C)(C)c1cccc(C=C(C(=O)O)C(=O)O)c1C(C)(C)C(C)[Si].